The fourth-order valence-corrected chi connectivity index (χ4v) is 2.44. The van der Waals surface area contributed by atoms with Crippen LogP contribution in [-0.4, -0.2) is 25.0 Å². The van der Waals surface area contributed by atoms with E-state index in [4.69, 9.17) is 5.73 Å². The van der Waals surface area contributed by atoms with Gasteiger partial charge in [-0.15, -0.1) is 5.10 Å². The molecule has 0 atom stereocenters. The molecule has 6 nitrogen and oxygen atoms in total. The Morgan fingerprint density at radius 3 is 2.55 bits per heavy atom. The maximum Gasteiger partial charge on any atom is 0.162 e. The largest absolute Gasteiger partial charge is 0.384 e. The van der Waals surface area contributed by atoms with Gasteiger partial charge in [0.05, 0.1) is 5.69 Å². The zero-order valence-electron chi connectivity index (χ0n) is 10.7. The van der Waals surface area contributed by atoms with E-state index in [2.05, 4.69) is 36.2 Å². The van der Waals surface area contributed by atoms with E-state index in [0.717, 1.165) is 11.3 Å². The topological polar surface area (TPSA) is 82.5 Å². The lowest BCUT2D eigenvalue weighted by Crippen LogP contribution is -2.01. The molecule has 0 radical (unpaired) electrons. The number of rotatable bonds is 2. The van der Waals surface area contributed by atoms with Gasteiger partial charge in [-0.3, -0.25) is 0 Å². The van der Waals surface area contributed by atoms with Crippen LogP contribution in [0, 0.1) is 0 Å². The van der Waals surface area contributed by atoms with Crippen molar-refractivity contribution in [3.8, 4) is 22.8 Å². The summed E-state index contributed by atoms with van der Waals surface area (Å²) in [5.74, 6) is 0.982. The van der Waals surface area contributed by atoms with Gasteiger partial charge in [-0.2, -0.15) is 0 Å². The van der Waals surface area contributed by atoms with E-state index in [0.29, 0.717) is 21.9 Å². The van der Waals surface area contributed by atoms with Crippen molar-refractivity contribution in [2.45, 2.75) is 0 Å². The van der Waals surface area contributed by atoms with E-state index >= 15 is 0 Å². The maximum atomic E-state index is 5.89. The maximum absolute atomic E-state index is 5.89. The van der Waals surface area contributed by atoms with E-state index < -0.39 is 0 Å². The van der Waals surface area contributed by atoms with Gasteiger partial charge in [-0.25, -0.2) is 14.6 Å². The first-order valence-electron chi connectivity index (χ1n) is 5.90. The number of halogens is 1. The molecule has 20 heavy (non-hydrogen) atoms. The Bertz CT molecular complexity index is 733. The Hall–Kier alpha value is -2.28. The van der Waals surface area contributed by atoms with Crippen molar-refractivity contribution >= 4 is 21.7 Å². The molecule has 0 aliphatic heterocycles. The highest BCUT2D eigenvalue weighted by Crippen LogP contribution is 2.27. The lowest BCUT2D eigenvalue weighted by atomic mass is 10.2. The molecule has 0 fully saturated rings. The van der Waals surface area contributed by atoms with E-state index in [9.17, 15) is 0 Å². The summed E-state index contributed by atoms with van der Waals surface area (Å²) in [5.41, 5.74) is 8.23. The predicted molar refractivity (Wildman–Crippen MR) is 79.6 cm³/mol. The molecule has 2 aromatic heterocycles. The molecule has 100 valence electrons. The van der Waals surface area contributed by atoms with Gasteiger partial charge in [0.1, 0.15) is 11.5 Å². The smallest absolute Gasteiger partial charge is 0.162 e. The van der Waals surface area contributed by atoms with Crippen molar-refractivity contribution in [2.75, 3.05) is 5.73 Å². The average Bonchev–Trinajstić information content (AvgIpc) is 2.78. The third kappa shape index (κ3) is 2.27. The summed E-state index contributed by atoms with van der Waals surface area (Å²) >= 11 is 3.36. The second kappa shape index (κ2) is 5.01. The number of hydrogen-bond donors (Lipinski definition) is 1. The molecule has 0 aliphatic carbocycles. The van der Waals surface area contributed by atoms with Gasteiger partial charge in [0.25, 0.3) is 0 Å². The fourth-order valence-electron chi connectivity index (χ4n) is 1.91. The summed E-state index contributed by atoms with van der Waals surface area (Å²) in [6, 6.07) is 11.4. The summed E-state index contributed by atoms with van der Waals surface area (Å²) < 4.78 is 2.26. The van der Waals surface area contributed by atoms with E-state index in [1.54, 1.807) is 17.8 Å². The summed E-state index contributed by atoms with van der Waals surface area (Å²) in [7, 11) is 1.80. The molecular formula is C13H11BrN6. The minimum Gasteiger partial charge on any atom is -0.384 e. The molecule has 2 heterocycles. The Morgan fingerprint density at radius 2 is 1.90 bits per heavy atom. The van der Waals surface area contributed by atoms with Crippen LogP contribution in [0.4, 0.5) is 5.82 Å². The Balaban J connectivity index is 2.17. The molecule has 7 heteroatoms. The monoisotopic (exact) mass is 330 g/mol. The van der Waals surface area contributed by atoms with E-state index in [1.807, 2.05) is 30.3 Å². The number of nitrogen functional groups attached to an aromatic ring is 1. The van der Waals surface area contributed by atoms with Gasteiger partial charge in [0.2, 0.25) is 0 Å². The normalized spacial score (nSPS) is 10.7. The molecule has 3 rings (SSSR count). The standard InChI is InChI=1S/C13H11BrN6/c1-20-11(12(14)18-19-20)9-7-10(15)17-13(16-9)8-5-3-2-4-6-8/h2-7H,1H3,(H2,15,16,17). The van der Waals surface area contributed by atoms with Crippen LogP contribution in [0.5, 0.6) is 0 Å². The molecule has 0 saturated heterocycles. The number of hydrogen-bond acceptors (Lipinski definition) is 5. The van der Waals surface area contributed by atoms with E-state index in [-0.39, 0.29) is 0 Å². The minimum atomic E-state index is 0.405. The molecule has 0 spiro atoms. The van der Waals surface area contributed by atoms with Gasteiger partial charge in [0.15, 0.2) is 10.4 Å². The zero-order chi connectivity index (χ0) is 14.1. The summed E-state index contributed by atoms with van der Waals surface area (Å²) in [4.78, 5) is 8.82. The molecule has 0 saturated carbocycles. The fraction of sp³-hybridized carbons (Fsp3) is 0.0769. The SMILES string of the molecule is Cn1nnc(Br)c1-c1cc(N)nc(-c2ccccc2)n1. The zero-order valence-corrected chi connectivity index (χ0v) is 12.2. The summed E-state index contributed by atoms with van der Waals surface area (Å²) in [5, 5.41) is 7.90. The average molecular weight is 331 g/mol. The van der Waals surface area contributed by atoms with Crippen molar-refractivity contribution in [3.05, 3.63) is 41.0 Å². The van der Waals surface area contributed by atoms with Gasteiger partial charge >= 0.3 is 0 Å². The van der Waals surface area contributed by atoms with Crippen molar-refractivity contribution in [1.82, 2.24) is 25.0 Å². The van der Waals surface area contributed by atoms with Gasteiger partial charge in [0, 0.05) is 18.7 Å². The molecule has 0 aliphatic rings. The highest BCUT2D eigenvalue weighted by molar-refractivity contribution is 9.10. The Labute approximate surface area is 123 Å². The molecule has 2 N–H and O–H groups in total. The third-order valence-corrected chi connectivity index (χ3v) is 3.34. The van der Waals surface area contributed by atoms with Crippen molar-refractivity contribution in [1.29, 1.82) is 0 Å². The first kappa shape index (κ1) is 12.7. The second-order valence-corrected chi connectivity index (χ2v) is 4.97. The number of benzene rings is 1. The van der Waals surface area contributed by atoms with Crippen molar-refractivity contribution < 1.29 is 0 Å². The second-order valence-electron chi connectivity index (χ2n) is 4.22. The van der Waals surface area contributed by atoms with Crippen LogP contribution in [0.15, 0.2) is 41.0 Å². The molecule has 0 unspecified atom stereocenters. The number of nitrogens with zero attached hydrogens (tertiary/aromatic N) is 5. The van der Waals surface area contributed by atoms with Crippen molar-refractivity contribution in [3.63, 3.8) is 0 Å². The van der Waals surface area contributed by atoms with Gasteiger partial charge in [-0.05, 0) is 15.9 Å². The van der Waals surface area contributed by atoms with Gasteiger partial charge < -0.3 is 5.73 Å². The van der Waals surface area contributed by atoms with Crippen LogP contribution in [0.2, 0.25) is 0 Å². The number of aromatic nitrogens is 5. The van der Waals surface area contributed by atoms with Crippen LogP contribution in [0.3, 0.4) is 0 Å². The Morgan fingerprint density at radius 1 is 1.15 bits per heavy atom. The van der Waals surface area contributed by atoms with Crippen molar-refractivity contribution in [2.24, 2.45) is 7.05 Å². The van der Waals surface area contributed by atoms with Crippen LogP contribution in [0.25, 0.3) is 22.8 Å². The highest BCUT2D eigenvalue weighted by Gasteiger charge is 2.14. The number of nitrogens with two attached hydrogens (primary N) is 1. The number of aryl methyl sites for hydroxylation is 1. The molecule has 3 aromatic rings. The quantitative estimate of drug-likeness (QED) is 0.779. The first-order valence-corrected chi connectivity index (χ1v) is 6.70. The lowest BCUT2D eigenvalue weighted by molar-refractivity contribution is 0.718. The molecular weight excluding hydrogens is 320 g/mol. The molecule has 0 bridgehead atoms. The lowest BCUT2D eigenvalue weighted by Gasteiger charge is -2.06. The molecule has 0 amide bonds. The summed E-state index contributed by atoms with van der Waals surface area (Å²) in [6.45, 7) is 0. The van der Waals surface area contributed by atoms with Crippen LogP contribution >= 0.6 is 15.9 Å². The molecule has 1 aromatic carbocycles. The predicted octanol–water partition coefficient (Wildman–Crippen LogP) is 2.28. The highest BCUT2D eigenvalue weighted by atomic mass is 79.9. The Kier molecular flexibility index (Phi) is 3.19. The van der Waals surface area contributed by atoms with Crippen LogP contribution < -0.4 is 5.73 Å². The van der Waals surface area contributed by atoms with Crippen LogP contribution in [-0.2, 0) is 7.05 Å². The number of anilines is 1. The van der Waals surface area contributed by atoms with E-state index in [1.165, 1.54) is 0 Å². The first-order chi connectivity index (χ1) is 9.65. The van der Waals surface area contributed by atoms with Gasteiger partial charge in [-0.1, -0.05) is 35.5 Å². The minimum absolute atomic E-state index is 0.405. The summed E-state index contributed by atoms with van der Waals surface area (Å²) in [6.07, 6.45) is 0. The third-order valence-electron chi connectivity index (χ3n) is 2.81. The van der Waals surface area contributed by atoms with Crippen LogP contribution in [0.1, 0.15) is 0 Å².